The van der Waals surface area contributed by atoms with E-state index in [0.29, 0.717) is 16.6 Å². The summed E-state index contributed by atoms with van der Waals surface area (Å²) >= 11 is 1.42. The van der Waals surface area contributed by atoms with Gasteiger partial charge in [-0.1, -0.05) is 6.07 Å². The van der Waals surface area contributed by atoms with Gasteiger partial charge in [-0.25, -0.2) is 19.3 Å². The molecule has 0 spiro atoms. The van der Waals surface area contributed by atoms with Crippen LogP contribution in [0.1, 0.15) is 21.7 Å². The van der Waals surface area contributed by atoms with E-state index in [9.17, 15) is 18.0 Å². The smallest absolute Gasteiger partial charge is 0.433 e. The second-order valence-corrected chi connectivity index (χ2v) is 6.70. The van der Waals surface area contributed by atoms with Crippen molar-refractivity contribution in [2.75, 3.05) is 7.11 Å². The first-order valence-corrected chi connectivity index (χ1v) is 8.58. The van der Waals surface area contributed by atoms with Crippen molar-refractivity contribution in [1.82, 2.24) is 19.6 Å². The van der Waals surface area contributed by atoms with Crippen molar-refractivity contribution in [1.29, 1.82) is 0 Å². The Labute approximate surface area is 154 Å². The fourth-order valence-electron chi connectivity index (χ4n) is 2.81. The van der Waals surface area contributed by atoms with Gasteiger partial charge >= 0.3 is 12.1 Å². The third-order valence-corrected chi connectivity index (χ3v) is 4.90. The Morgan fingerprint density at radius 3 is 2.67 bits per heavy atom. The average molecular weight is 392 g/mol. The van der Waals surface area contributed by atoms with Crippen LogP contribution in [-0.4, -0.2) is 32.7 Å². The highest BCUT2D eigenvalue weighted by atomic mass is 32.1. The summed E-state index contributed by atoms with van der Waals surface area (Å²) in [6.45, 7) is 1.53. The number of aromatic nitrogens is 4. The molecular formula is C17H11F3N4O2S. The van der Waals surface area contributed by atoms with Crippen LogP contribution in [0.5, 0.6) is 0 Å². The van der Waals surface area contributed by atoms with Crippen LogP contribution < -0.4 is 0 Å². The van der Waals surface area contributed by atoms with Crippen LogP contribution in [0.4, 0.5) is 13.2 Å². The predicted octanol–water partition coefficient (Wildman–Crippen LogP) is 4.12. The van der Waals surface area contributed by atoms with Crippen LogP contribution in [0.3, 0.4) is 0 Å². The first kappa shape index (κ1) is 17.4. The van der Waals surface area contributed by atoms with Crippen molar-refractivity contribution in [3.63, 3.8) is 0 Å². The lowest BCUT2D eigenvalue weighted by molar-refractivity contribution is -0.141. The number of fused-ring (bicyclic) bond motifs is 3. The number of pyridine rings is 1. The van der Waals surface area contributed by atoms with Crippen molar-refractivity contribution in [2.24, 2.45) is 0 Å². The number of ether oxygens (including phenoxy) is 1. The van der Waals surface area contributed by atoms with E-state index in [4.69, 9.17) is 4.74 Å². The summed E-state index contributed by atoms with van der Waals surface area (Å²) in [7, 11) is 1.22. The minimum atomic E-state index is -4.60. The molecule has 0 aliphatic rings. The molecule has 0 saturated heterocycles. The van der Waals surface area contributed by atoms with E-state index in [0.717, 1.165) is 10.9 Å². The molecule has 0 bridgehead atoms. The van der Waals surface area contributed by atoms with E-state index in [1.54, 1.807) is 0 Å². The monoisotopic (exact) mass is 392 g/mol. The van der Waals surface area contributed by atoms with Crippen LogP contribution in [-0.2, 0) is 10.9 Å². The molecule has 0 aliphatic carbocycles. The van der Waals surface area contributed by atoms with Crippen molar-refractivity contribution >= 4 is 34.0 Å². The molecule has 4 rings (SSSR count). The molecule has 138 valence electrons. The van der Waals surface area contributed by atoms with Gasteiger partial charge in [-0.3, -0.25) is 0 Å². The molecule has 0 fully saturated rings. The van der Waals surface area contributed by atoms with Crippen LogP contribution in [0.15, 0.2) is 29.6 Å². The molecule has 4 aromatic rings. The number of hydrogen-bond donors (Lipinski definition) is 0. The fraction of sp³-hybridized carbons (Fsp3) is 0.176. The zero-order chi connectivity index (χ0) is 19.3. The lowest BCUT2D eigenvalue weighted by Crippen LogP contribution is -2.10. The number of aryl methyl sites for hydroxylation is 1. The molecule has 0 amide bonds. The lowest BCUT2D eigenvalue weighted by atomic mass is 10.1. The Kier molecular flexibility index (Phi) is 3.88. The molecule has 0 radical (unpaired) electrons. The lowest BCUT2D eigenvalue weighted by Gasteiger charge is -2.07. The molecule has 0 aromatic carbocycles. The van der Waals surface area contributed by atoms with Crippen molar-refractivity contribution in [3.8, 4) is 10.6 Å². The van der Waals surface area contributed by atoms with Gasteiger partial charge in [0, 0.05) is 0 Å². The number of methoxy groups -OCH3 is 1. The molecule has 27 heavy (non-hydrogen) atoms. The third kappa shape index (κ3) is 2.81. The highest BCUT2D eigenvalue weighted by Gasteiger charge is 2.34. The van der Waals surface area contributed by atoms with Gasteiger partial charge in [0.2, 0.25) is 0 Å². The summed E-state index contributed by atoms with van der Waals surface area (Å²) in [4.78, 5) is 21.2. The Bertz CT molecular complexity index is 1180. The van der Waals surface area contributed by atoms with Gasteiger partial charge in [0.05, 0.1) is 23.1 Å². The Morgan fingerprint density at radius 1 is 1.26 bits per heavy atom. The molecule has 4 aromatic heterocycles. The maximum absolute atomic E-state index is 13.1. The van der Waals surface area contributed by atoms with E-state index >= 15 is 0 Å². The van der Waals surface area contributed by atoms with Crippen LogP contribution in [0.25, 0.3) is 27.3 Å². The summed E-state index contributed by atoms with van der Waals surface area (Å²) in [6, 6.07) is 6.11. The molecular weight excluding hydrogens is 381 g/mol. The van der Waals surface area contributed by atoms with E-state index < -0.39 is 17.8 Å². The Morgan fingerprint density at radius 2 is 2.04 bits per heavy atom. The van der Waals surface area contributed by atoms with Crippen LogP contribution in [0.2, 0.25) is 0 Å². The average Bonchev–Trinajstić information content (AvgIpc) is 3.26. The van der Waals surface area contributed by atoms with Gasteiger partial charge in [0.1, 0.15) is 5.69 Å². The Hall–Kier alpha value is -3.01. The SMILES string of the molecule is COC(=O)c1cc(-c2cccs2)nc2c3c(C)cc(C(F)(F)F)nc3nn12. The number of alkyl halides is 3. The number of esters is 1. The maximum atomic E-state index is 13.1. The highest BCUT2D eigenvalue weighted by Crippen LogP contribution is 2.33. The summed E-state index contributed by atoms with van der Waals surface area (Å²) < 4.78 is 45.2. The van der Waals surface area contributed by atoms with Crippen molar-refractivity contribution in [3.05, 3.63) is 46.6 Å². The number of carbonyl (C=O) groups excluding carboxylic acids is 1. The van der Waals surface area contributed by atoms with Gasteiger partial charge in [0.25, 0.3) is 0 Å². The topological polar surface area (TPSA) is 69.4 Å². The molecule has 4 heterocycles. The minimum Gasteiger partial charge on any atom is -0.464 e. The molecule has 0 unspecified atom stereocenters. The second kappa shape index (κ2) is 6.02. The standard InChI is InChI=1S/C17H11F3N4O2S/c1-8-6-12(17(18,19)20)22-14-13(8)15-21-9(11-4-3-5-27-11)7-10(16(25)26-2)24(15)23-14/h3-7H,1-2H3. The number of nitrogens with zero attached hydrogens (tertiary/aromatic N) is 4. The van der Waals surface area contributed by atoms with E-state index in [-0.39, 0.29) is 17.0 Å². The molecule has 0 saturated carbocycles. The quantitative estimate of drug-likeness (QED) is 0.480. The van der Waals surface area contributed by atoms with Crippen molar-refractivity contribution < 1.29 is 22.7 Å². The number of rotatable bonds is 2. The van der Waals surface area contributed by atoms with Crippen LogP contribution >= 0.6 is 11.3 Å². The minimum absolute atomic E-state index is 0.0526. The Balaban J connectivity index is 2.10. The molecule has 6 nitrogen and oxygen atoms in total. The van der Waals surface area contributed by atoms with Gasteiger partial charge in [-0.05, 0) is 36.1 Å². The summed E-state index contributed by atoms with van der Waals surface area (Å²) in [5, 5.41) is 6.30. The number of halogens is 3. The van der Waals surface area contributed by atoms with E-state index in [2.05, 4.69) is 15.1 Å². The molecule has 0 aliphatic heterocycles. The predicted molar refractivity (Wildman–Crippen MR) is 92.7 cm³/mol. The first-order valence-electron chi connectivity index (χ1n) is 7.70. The summed E-state index contributed by atoms with van der Waals surface area (Å²) in [5.74, 6) is -0.679. The normalized spacial score (nSPS) is 12.0. The molecule has 0 atom stereocenters. The maximum Gasteiger partial charge on any atom is 0.433 e. The van der Waals surface area contributed by atoms with E-state index in [1.165, 1.54) is 36.0 Å². The highest BCUT2D eigenvalue weighted by molar-refractivity contribution is 7.13. The number of hydrogen-bond acceptors (Lipinski definition) is 6. The van der Waals surface area contributed by atoms with Gasteiger partial charge in [-0.15, -0.1) is 16.4 Å². The number of carbonyl (C=O) groups is 1. The largest absolute Gasteiger partial charge is 0.464 e. The second-order valence-electron chi connectivity index (χ2n) is 5.75. The number of thiophene rings is 1. The van der Waals surface area contributed by atoms with Crippen LogP contribution in [0, 0.1) is 6.92 Å². The van der Waals surface area contributed by atoms with Crippen molar-refractivity contribution in [2.45, 2.75) is 13.1 Å². The van der Waals surface area contributed by atoms with Gasteiger partial charge in [-0.2, -0.15) is 13.2 Å². The fourth-order valence-corrected chi connectivity index (χ4v) is 3.49. The zero-order valence-electron chi connectivity index (χ0n) is 14.0. The third-order valence-electron chi connectivity index (χ3n) is 4.00. The summed E-state index contributed by atoms with van der Waals surface area (Å²) in [6.07, 6.45) is -4.60. The summed E-state index contributed by atoms with van der Waals surface area (Å²) in [5.41, 5.74) is -0.0721. The van der Waals surface area contributed by atoms with E-state index in [1.807, 2.05) is 17.5 Å². The van der Waals surface area contributed by atoms with Gasteiger partial charge in [0.15, 0.2) is 17.0 Å². The molecule has 10 heteroatoms. The molecule has 0 N–H and O–H groups in total. The van der Waals surface area contributed by atoms with Gasteiger partial charge < -0.3 is 4.74 Å². The zero-order valence-corrected chi connectivity index (χ0v) is 14.9. The first-order chi connectivity index (χ1) is 12.8.